The molecule has 1 atom stereocenters. The van der Waals surface area contributed by atoms with Gasteiger partial charge in [0.05, 0.1) is 17.9 Å². The van der Waals surface area contributed by atoms with Gasteiger partial charge in [0.2, 0.25) is 5.91 Å². The summed E-state index contributed by atoms with van der Waals surface area (Å²) in [4.78, 5) is 16.2. The first-order chi connectivity index (χ1) is 9.56. The van der Waals surface area contributed by atoms with Crippen LogP contribution in [0.4, 0.5) is 5.69 Å². The smallest absolute Gasteiger partial charge is 0.241 e. The normalized spacial score (nSPS) is 11.9. The molecule has 0 spiro atoms. The summed E-state index contributed by atoms with van der Waals surface area (Å²) in [6, 6.07) is 11.0. The first kappa shape index (κ1) is 14.7. The molecule has 0 aliphatic rings. The van der Waals surface area contributed by atoms with Crippen molar-refractivity contribution in [2.24, 2.45) is 5.73 Å². The predicted molar refractivity (Wildman–Crippen MR) is 83.4 cm³/mol. The number of hydrogen-bond donors (Lipinski definition) is 2. The van der Waals surface area contributed by atoms with Crippen LogP contribution in [0.5, 0.6) is 0 Å². The maximum Gasteiger partial charge on any atom is 0.241 e. The number of nitrogens with zero attached hydrogens (tertiary/aromatic N) is 1. The van der Waals surface area contributed by atoms with Crippen LogP contribution in [0.25, 0.3) is 0 Å². The van der Waals surface area contributed by atoms with Gasteiger partial charge in [-0.15, -0.1) is 0 Å². The molecule has 5 heteroatoms. The Hall–Kier alpha value is -1.72. The van der Waals surface area contributed by atoms with E-state index in [0.29, 0.717) is 12.1 Å². The van der Waals surface area contributed by atoms with Gasteiger partial charge in [0.1, 0.15) is 4.60 Å². The summed E-state index contributed by atoms with van der Waals surface area (Å²) in [7, 11) is 0. The highest BCUT2D eigenvalue weighted by Crippen LogP contribution is 2.17. The van der Waals surface area contributed by atoms with Crippen LogP contribution in [0.2, 0.25) is 0 Å². The van der Waals surface area contributed by atoms with Gasteiger partial charge < -0.3 is 11.1 Å². The van der Waals surface area contributed by atoms with Crippen LogP contribution in [-0.2, 0) is 11.2 Å². The quantitative estimate of drug-likeness (QED) is 0.845. The molecule has 2 aromatic rings. The Morgan fingerprint density at radius 2 is 2.10 bits per heavy atom. The zero-order valence-corrected chi connectivity index (χ0v) is 12.7. The Morgan fingerprint density at radius 3 is 2.75 bits per heavy atom. The van der Waals surface area contributed by atoms with E-state index in [4.69, 9.17) is 5.73 Å². The molecule has 104 valence electrons. The monoisotopic (exact) mass is 333 g/mol. The van der Waals surface area contributed by atoms with Crippen molar-refractivity contribution in [2.75, 3.05) is 5.32 Å². The number of carbonyl (C=O) groups excluding carboxylic acids is 1. The number of aryl methyl sites for hydroxylation is 1. The molecule has 1 amide bonds. The number of amides is 1. The molecule has 2 rings (SSSR count). The van der Waals surface area contributed by atoms with Gasteiger partial charge in [0.15, 0.2) is 0 Å². The lowest BCUT2D eigenvalue weighted by Crippen LogP contribution is -2.37. The Balaban J connectivity index is 1.99. The Morgan fingerprint density at radius 1 is 1.40 bits per heavy atom. The van der Waals surface area contributed by atoms with E-state index >= 15 is 0 Å². The van der Waals surface area contributed by atoms with Gasteiger partial charge in [0.25, 0.3) is 0 Å². The first-order valence-corrected chi connectivity index (χ1v) is 7.08. The second kappa shape index (κ2) is 6.63. The van der Waals surface area contributed by atoms with Crippen molar-refractivity contribution in [1.29, 1.82) is 0 Å². The second-order valence-electron chi connectivity index (χ2n) is 4.62. The third kappa shape index (κ3) is 3.88. The largest absolute Gasteiger partial charge is 0.323 e. The minimum Gasteiger partial charge on any atom is -0.323 e. The summed E-state index contributed by atoms with van der Waals surface area (Å²) in [6.07, 6.45) is 2.11. The lowest BCUT2D eigenvalue weighted by Gasteiger charge is -2.12. The molecule has 0 aliphatic heterocycles. The Kier molecular flexibility index (Phi) is 4.87. The minimum atomic E-state index is -0.582. The highest BCUT2D eigenvalue weighted by Gasteiger charge is 2.14. The SMILES string of the molecule is Cc1cc(NC(=O)[C@H](N)Cc2ccccc2)cnc1Br. The topological polar surface area (TPSA) is 68.0 Å². The molecule has 0 saturated heterocycles. The van der Waals surface area contributed by atoms with E-state index in [1.807, 2.05) is 43.3 Å². The molecule has 1 aromatic heterocycles. The van der Waals surface area contributed by atoms with Crippen LogP contribution in [0.3, 0.4) is 0 Å². The molecule has 1 aromatic carbocycles. The average molecular weight is 334 g/mol. The van der Waals surface area contributed by atoms with E-state index in [2.05, 4.69) is 26.2 Å². The lowest BCUT2D eigenvalue weighted by molar-refractivity contribution is -0.117. The molecular weight excluding hydrogens is 318 g/mol. The summed E-state index contributed by atoms with van der Waals surface area (Å²) in [5.41, 5.74) is 8.58. The zero-order chi connectivity index (χ0) is 14.5. The van der Waals surface area contributed by atoms with Gasteiger partial charge in [-0.1, -0.05) is 30.3 Å². The number of nitrogens with two attached hydrogens (primary N) is 1. The van der Waals surface area contributed by atoms with Gasteiger partial charge in [-0.05, 0) is 46.5 Å². The van der Waals surface area contributed by atoms with Crippen LogP contribution in [0.1, 0.15) is 11.1 Å². The van der Waals surface area contributed by atoms with Gasteiger partial charge in [-0.25, -0.2) is 4.98 Å². The summed E-state index contributed by atoms with van der Waals surface area (Å²) in [6.45, 7) is 1.91. The van der Waals surface area contributed by atoms with E-state index < -0.39 is 6.04 Å². The average Bonchev–Trinajstić information content (AvgIpc) is 2.44. The summed E-state index contributed by atoms with van der Waals surface area (Å²) in [5.74, 6) is -0.211. The van der Waals surface area contributed by atoms with Crippen molar-refractivity contribution in [2.45, 2.75) is 19.4 Å². The fourth-order valence-electron chi connectivity index (χ4n) is 1.82. The number of aromatic nitrogens is 1. The van der Waals surface area contributed by atoms with Crippen molar-refractivity contribution in [3.63, 3.8) is 0 Å². The van der Waals surface area contributed by atoms with Crippen molar-refractivity contribution in [1.82, 2.24) is 4.98 Å². The van der Waals surface area contributed by atoms with Crippen LogP contribution in [0, 0.1) is 6.92 Å². The summed E-state index contributed by atoms with van der Waals surface area (Å²) in [5, 5.41) is 2.78. The molecule has 0 fully saturated rings. The van der Waals surface area contributed by atoms with E-state index in [1.54, 1.807) is 6.20 Å². The molecule has 0 bridgehead atoms. The number of nitrogens with one attached hydrogen (secondary N) is 1. The number of anilines is 1. The third-order valence-corrected chi connectivity index (χ3v) is 3.75. The van der Waals surface area contributed by atoms with E-state index in [9.17, 15) is 4.79 Å². The van der Waals surface area contributed by atoms with E-state index in [1.165, 1.54) is 0 Å². The number of benzene rings is 1. The molecule has 0 radical (unpaired) electrons. The van der Waals surface area contributed by atoms with Gasteiger partial charge in [-0.2, -0.15) is 0 Å². The van der Waals surface area contributed by atoms with Crippen LogP contribution >= 0.6 is 15.9 Å². The molecule has 0 aliphatic carbocycles. The fourth-order valence-corrected chi connectivity index (χ4v) is 2.04. The molecule has 1 heterocycles. The van der Waals surface area contributed by atoms with Gasteiger partial charge >= 0.3 is 0 Å². The molecule has 3 N–H and O–H groups in total. The van der Waals surface area contributed by atoms with Crippen molar-refractivity contribution in [3.05, 3.63) is 58.3 Å². The highest BCUT2D eigenvalue weighted by molar-refractivity contribution is 9.10. The lowest BCUT2D eigenvalue weighted by atomic mass is 10.1. The second-order valence-corrected chi connectivity index (χ2v) is 5.37. The Bertz CT molecular complexity index is 601. The number of rotatable bonds is 4. The van der Waals surface area contributed by atoms with Crippen LogP contribution in [0.15, 0.2) is 47.2 Å². The summed E-state index contributed by atoms with van der Waals surface area (Å²) < 4.78 is 0.768. The van der Waals surface area contributed by atoms with Crippen molar-refractivity contribution in [3.8, 4) is 0 Å². The molecule has 0 saturated carbocycles. The molecule has 0 unspecified atom stereocenters. The van der Waals surface area contributed by atoms with E-state index in [0.717, 1.165) is 15.7 Å². The van der Waals surface area contributed by atoms with Crippen LogP contribution in [-0.4, -0.2) is 16.9 Å². The number of hydrogen-bond acceptors (Lipinski definition) is 3. The van der Waals surface area contributed by atoms with Crippen molar-refractivity contribution >= 4 is 27.5 Å². The fraction of sp³-hybridized carbons (Fsp3) is 0.200. The standard InChI is InChI=1S/C15H16BrN3O/c1-10-7-12(9-18-14(10)16)19-15(20)13(17)8-11-5-3-2-4-6-11/h2-7,9,13H,8,17H2,1H3,(H,19,20)/t13-/m1/s1. The maximum absolute atomic E-state index is 12.0. The number of carbonyl (C=O) groups is 1. The number of halogens is 1. The van der Waals surface area contributed by atoms with Crippen LogP contribution < -0.4 is 11.1 Å². The first-order valence-electron chi connectivity index (χ1n) is 6.29. The predicted octanol–water partition coefficient (Wildman–Crippen LogP) is 2.66. The molecule has 20 heavy (non-hydrogen) atoms. The van der Waals surface area contributed by atoms with Crippen molar-refractivity contribution < 1.29 is 4.79 Å². The van der Waals surface area contributed by atoms with Gasteiger partial charge in [-0.3, -0.25) is 4.79 Å². The number of pyridine rings is 1. The molecular formula is C15H16BrN3O. The zero-order valence-electron chi connectivity index (χ0n) is 11.1. The Labute approximate surface area is 126 Å². The minimum absolute atomic E-state index is 0.211. The molecule has 4 nitrogen and oxygen atoms in total. The summed E-state index contributed by atoms with van der Waals surface area (Å²) >= 11 is 3.32. The highest BCUT2D eigenvalue weighted by atomic mass is 79.9. The third-order valence-electron chi connectivity index (χ3n) is 2.92. The van der Waals surface area contributed by atoms with E-state index in [-0.39, 0.29) is 5.91 Å². The van der Waals surface area contributed by atoms with Gasteiger partial charge in [0, 0.05) is 0 Å². The maximum atomic E-state index is 12.0.